The number of pyridine rings is 1. The summed E-state index contributed by atoms with van der Waals surface area (Å²) in [5.41, 5.74) is 2.69. The lowest BCUT2D eigenvalue weighted by Gasteiger charge is -2.05. The van der Waals surface area contributed by atoms with E-state index in [1.54, 1.807) is 24.3 Å². The van der Waals surface area contributed by atoms with Crippen LogP contribution in [0.2, 0.25) is 0 Å². The zero-order valence-corrected chi connectivity index (χ0v) is 14.1. The van der Waals surface area contributed by atoms with Gasteiger partial charge in [-0.25, -0.2) is 9.97 Å². The number of nitrogens with zero attached hydrogens (tertiary/aromatic N) is 3. The molecule has 0 radical (unpaired) electrons. The van der Waals surface area contributed by atoms with Gasteiger partial charge in [0.2, 0.25) is 0 Å². The summed E-state index contributed by atoms with van der Waals surface area (Å²) in [5, 5.41) is 15.0. The molecule has 0 saturated carbocycles. The average Bonchev–Trinajstić information content (AvgIpc) is 2.94. The van der Waals surface area contributed by atoms with Crippen molar-refractivity contribution in [1.82, 2.24) is 9.97 Å². The van der Waals surface area contributed by atoms with Crippen molar-refractivity contribution in [2.75, 3.05) is 5.32 Å². The Bertz CT molecular complexity index is 878. The van der Waals surface area contributed by atoms with Crippen LogP contribution in [0.4, 0.5) is 11.5 Å². The summed E-state index contributed by atoms with van der Waals surface area (Å²) in [6, 6.07) is 11.7. The quantitative estimate of drug-likeness (QED) is 0.552. The third-order valence-corrected chi connectivity index (χ3v) is 4.83. The fraction of sp³-hybridized carbons (Fsp3) is 0.176. The molecule has 24 heavy (non-hydrogen) atoms. The molecule has 0 amide bonds. The van der Waals surface area contributed by atoms with E-state index in [0.29, 0.717) is 17.9 Å². The van der Waals surface area contributed by atoms with E-state index in [1.807, 2.05) is 37.3 Å². The van der Waals surface area contributed by atoms with Crippen molar-refractivity contribution in [3.63, 3.8) is 0 Å². The van der Waals surface area contributed by atoms with Crippen LogP contribution in [0.15, 0.2) is 42.6 Å². The number of anilines is 1. The van der Waals surface area contributed by atoms with Crippen LogP contribution in [0.5, 0.6) is 0 Å². The van der Waals surface area contributed by atoms with Crippen LogP contribution in [0.3, 0.4) is 0 Å². The molecule has 1 aromatic carbocycles. The zero-order chi connectivity index (χ0) is 17.1. The number of aromatic nitrogens is 2. The summed E-state index contributed by atoms with van der Waals surface area (Å²) in [5.74, 6) is 0.618. The van der Waals surface area contributed by atoms with Gasteiger partial charge in [0, 0.05) is 16.0 Å². The van der Waals surface area contributed by atoms with Gasteiger partial charge in [-0.15, -0.1) is 11.3 Å². The molecule has 0 spiro atoms. The topological polar surface area (TPSA) is 81.0 Å². The van der Waals surface area contributed by atoms with Crippen molar-refractivity contribution in [3.05, 3.63) is 68.8 Å². The predicted molar refractivity (Wildman–Crippen MR) is 95.2 cm³/mol. The maximum atomic E-state index is 10.8. The molecule has 0 aliphatic carbocycles. The summed E-state index contributed by atoms with van der Waals surface area (Å²) < 4.78 is 0. The van der Waals surface area contributed by atoms with Crippen molar-refractivity contribution < 1.29 is 4.92 Å². The lowest BCUT2D eigenvalue weighted by molar-refractivity contribution is -0.385. The average molecular weight is 340 g/mol. The minimum atomic E-state index is -0.425. The molecule has 0 atom stereocenters. The fourth-order valence-corrected chi connectivity index (χ4v) is 3.31. The number of hydrogen-bond donors (Lipinski definition) is 1. The van der Waals surface area contributed by atoms with Gasteiger partial charge in [0.05, 0.1) is 17.2 Å². The second-order valence-corrected chi connectivity index (χ2v) is 6.44. The minimum absolute atomic E-state index is 0.0286. The Labute approximate surface area is 143 Å². The molecule has 0 fully saturated rings. The van der Waals surface area contributed by atoms with Crippen molar-refractivity contribution in [2.45, 2.75) is 20.4 Å². The molecule has 0 bridgehead atoms. The number of nitrogens with one attached hydrogen (secondary N) is 1. The Kier molecular flexibility index (Phi) is 4.52. The molecule has 0 aliphatic rings. The summed E-state index contributed by atoms with van der Waals surface area (Å²) >= 11 is 1.63. The van der Waals surface area contributed by atoms with E-state index in [9.17, 15) is 10.1 Å². The number of thiazole rings is 1. The van der Waals surface area contributed by atoms with Gasteiger partial charge in [0.15, 0.2) is 0 Å². The van der Waals surface area contributed by atoms with E-state index in [1.165, 1.54) is 6.20 Å². The van der Waals surface area contributed by atoms with Crippen LogP contribution >= 0.6 is 11.3 Å². The van der Waals surface area contributed by atoms with E-state index < -0.39 is 4.92 Å². The maximum absolute atomic E-state index is 10.8. The largest absolute Gasteiger partial charge is 0.365 e. The first kappa shape index (κ1) is 16.1. The second-order valence-electron chi connectivity index (χ2n) is 5.36. The maximum Gasteiger partial charge on any atom is 0.290 e. The fourth-order valence-electron chi connectivity index (χ4n) is 2.30. The molecule has 2 aromatic heterocycles. The summed E-state index contributed by atoms with van der Waals surface area (Å²) in [6.07, 6.45) is 1.28. The van der Waals surface area contributed by atoms with Crippen molar-refractivity contribution in [1.29, 1.82) is 0 Å². The number of rotatable bonds is 5. The third kappa shape index (κ3) is 3.41. The molecule has 0 aliphatic heterocycles. The van der Waals surface area contributed by atoms with Crippen LogP contribution in [0, 0.1) is 24.0 Å². The highest BCUT2D eigenvalue weighted by Crippen LogP contribution is 2.28. The second kappa shape index (κ2) is 6.76. The van der Waals surface area contributed by atoms with Crippen LogP contribution in [0.1, 0.15) is 16.1 Å². The lowest BCUT2D eigenvalue weighted by atomic mass is 10.2. The molecule has 1 N–H and O–H groups in total. The van der Waals surface area contributed by atoms with Gasteiger partial charge in [0.25, 0.3) is 5.69 Å². The SMILES string of the molecule is Cc1cc(NCc2sc(-c3ccccc3)nc2C)ncc1[N+](=O)[O-]. The highest BCUT2D eigenvalue weighted by Gasteiger charge is 2.13. The monoisotopic (exact) mass is 340 g/mol. The van der Waals surface area contributed by atoms with Gasteiger partial charge in [-0.3, -0.25) is 10.1 Å². The number of aryl methyl sites for hydroxylation is 2. The smallest absolute Gasteiger partial charge is 0.290 e. The third-order valence-electron chi connectivity index (χ3n) is 3.62. The van der Waals surface area contributed by atoms with Crippen LogP contribution in [-0.4, -0.2) is 14.9 Å². The highest BCUT2D eigenvalue weighted by atomic mass is 32.1. The first-order valence-corrected chi connectivity index (χ1v) is 8.23. The van der Waals surface area contributed by atoms with Crippen LogP contribution < -0.4 is 5.32 Å². The molecular formula is C17H16N4O2S. The number of nitro groups is 1. The van der Waals surface area contributed by atoms with Crippen molar-refractivity contribution in [2.24, 2.45) is 0 Å². The molecule has 0 unspecified atom stereocenters. The summed E-state index contributed by atoms with van der Waals surface area (Å²) in [4.78, 5) is 20.2. The lowest BCUT2D eigenvalue weighted by Crippen LogP contribution is -2.02. The van der Waals surface area contributed by atoms with E-state index in [-0.39, 0.29) is 5.69 Å². The molecule has 3 aromatic rings. The Morgan fingerprint density at radius 3 is 2.67 bits per heavy atom. The Morgan fingerprint density at radius 1 is 1.25 bits per heavy atom. The molecule has 2 heterocycles. The van der Waals surface area contributed by atoms with Crippen LogP contribution in [-0.2, 0) is 6.54 Å². The molecule has 7 heteroatoms. The van der Waals surface area contributed by atoms with Gasteiger partial charge < -0.3 is 5.32 Å². The van der Waals surface area contributed by atoms with E-state index >= 15 is 0 Å². The zero-order valence-electron chi connectivity index (χ0n) is 13.3. The van der Waals surface area contributed by atoms with Crippen molar-refractivity contribution >= 4 is 22.8 Å². The number of benzene rings is 1. The van der Waals surface area contributed by atoms with E-state index in [4.69, 9.17) is 0 Å². The molecule has 3 rings (SSSR count). The van der Waals surface area contributed by atoms with Gasteiger partial charge >= 0.3 is 0 Å². The molecular weight excluding hydrogens is 324 g/mol. The summed E-state index contributed by atoms with van der Waals surface area (Å²) in [6.45, 7) is 4.27. The Morgan fingerprint density at radius 2 is 2.00 bits per heavy atom. The van der Waals surface area contributed by atoms with Crippen molar-refractivity contribution in [3.8, 4) is 10.6 Å². The van der Waals surface area contributed by atoms with E-state index in [2.05, 4.69) is 15.3 Å². The Balaban J connectivity index is 1.74. The van der Waals surface area contributed by atoms with Gasteiger partial charge in [-0.2, -0.15) is 0 Å². The van der Waals surface area contributed by atoms with Gasteiger partial charge in [-0.1, -0.05) is 30.3 Å². The van der Waals surface area contributed by atoms with E-state index in [0.717, 1.165) is 21.1 Å². The first-order valence-electron chi connectivity index (χ1n) is 7.41. The molecule has 122 valence electrons. The minimum Gasteiger partial charge on any atom is -0.365 e. The Hall–Kier alpha value is -2.80. The summed E-state index contributed by atoms with van der Waals surface area (Å²) in [7, 11) is 0. The molecule has 6 nitrogen and oxygen atoms in total. The van der Waals surface area contributed by atoms with Crippen LogP contribution in [0.25, 0.3) is 10.6 Å². The molecule has 0 saturated heterocycles. The normalized spacial score (nSPS) is 10.6. The van der Waals surface area contributed by atoms with Gasteiger partial charge in [-0.05, 0) is 19.9 Å². The standard InChI is InChI=1S/C17H16N4O2S/c1-11-8-16(18-9-14(11)21(22)23)19-10-15-12(2)20-17(24-15)13-6-4-3-5-7-13/h3-9H,10H2,1-2H3,(H,18,19). The highest BCUT2D eigenvalue weighted by molar-refractivity contribution is 7.15. The van der Waals surface area contributed by atoms with Gasteiger partial charge in [0.1, 0.15) is 17.0 Å². The predicted octanol–water partition coefficient (Wildman–Crippen LogP) is 4.34. The number of hydrogen-bond acceptors (Lipinski definition) is 6. The first-order chi connectivity index (χ1) is 11.5.